The lowest BCUT2D eigenvalue weighted by Gasteiger charge is -2.13. The van der Waals surface area contributed by atoms with Gasteiger partial charge in [-0.15, -0.1) is 0 Å². The number of ether oxygens (including phenoxy) is 1. The minimum absolute atomic E-state index is 0.113. The Morgan fingerprint density at radius 1 is 1.03 bits per heavy atom. The van der Waals surface area contributed by atoms with Crippen LogP contribution in [0.25, 0.3) is 11.1 Å². The highest BCUT2D eigenvalue weighted by molar-refractivity contribution is 6.31. The van der Waals surface area contributed by atoms with E-state index in [2.05, 4.69) is 16.6 Å². The van der Waals surface area contributed by atoms with Gasteiger partial charge in [0.1, 0.15) is 11.5 Å². The number of hydrazone groups is 1. The summed E-state index contributed by atoms with van der Waals surface area (Å²) in [6.45, 7) is 1.78. The van der Waals surface area contributed by atoms with Crippen LogP contribution in [0.3, 0.4) is 0 Å². The van der Waals surface area contributed by atoms with Crippen LogP contribution in [0.5, 0.6) is 5.75 Å². The smallest absolute Gasteiger partial charge is 0.379 e. The van der Waals surface area contributed by atoms with E-state index in [4.69, 9.17) is 26.0 Å². The van der Waals surface area contributed by atoms with Gasteiger partial charge in [0.25, 0.3) is 5.91 Å². The van der Waals surface area contributed by atoms with Crippen LogP contribution in [-0.4, -0.2) is 17.6 Å². The lowest BCUT2D eigenvalue weighted by atomic mass is 9.93. The van der Waals surface area contributed by atoms with E-state index in [0.717, 1.165) is 23.1 Å². The second kappa shape index (κ2) is 10.8. The summed E-state index contributed by atoms with van der Waals surface area (Å²) in [4.78, 5) is 25.5. The number of esters is 1. The first-order valence-electron chi connectivity index (χ1n) is 12.0. The van der Waals surface area contributed by atoms with Gasteiger partial charge in [-0.2, -0.15) is 10.4 Å². The first-order chi connectivity index (χ1) is 18.4. The molecule has 0 spiro atoms. The quantitative estimate of drug-likeness (QED) is 0.183. The molecule has 7 nitrogen and oxygen atoms in total. The molecule has 1 aromatic heterocycles. The maximum Gasteiger partial charge on any atom is 0.379 e. The topological polar surface area (TPSA) is 105 Å². The molecule has 0 radical (unpaired) electrons. The van der Waals surface area contributed by atoms with Gasteiger partial charge in [-0.05, 0) is 73.4 Å². The molecular formula is C30H22ClN3O4. The molecular weight excluding hydrogens is 502 g/mol. The van der Waals surface area contributed by atoms with Crippen molar-refractivity contribution in [1.82, 2.24) is 5.43 Å². The lowest BCUT2D eigenvalue weighted by Crippen LogP contribution is -2.22. The first-order valence-corrected chi connectivity index (χ1v) is 12.4. The fourth-order valence-electron chi connectivity index (χ4n) is 4.39. The standard InChI is InChI=1S/C30H22ClN3O4/c1-18-27-25(33-34-29(35)22-4-2-5-23(31)16-22)6-3-7-26(27)38-28(18)30(36)37-24-14-12-21(13-15-24)20-10-8-19(17-32)9-11-20/h2,4-5,8-16H,3,6-7H2,1H3,(H,34,35)/b33-25+. The van der Waals surface area contributed by atoms with E-state index in [-0.39, 0.29) is 11.7 Å². The number of hydrogen-bond acceptors (Lipinski definition) is 6. The Morgan fingerprint density at radius 3 is 2.42 bits per heavy atom. The number of amides is 1. The molecule has 4 aromatic rings. The fraction of sp³-hybridized carbons (Fsp3) is 0.133. The van der Waals surface area contributed by atoms with Crippen molar-refractivity contribution in [2.24, 2.45) is 5.10 Å². The summed E-state index contributed by atoms with van der Waals surface area (Å²) in [6.07, 6.45) is 2.07. The third-order valence-corrected chi connectivity index (χ3v) is 6.54. The number of furan rings is 1. The molecule has 1 aliphatic rings. The number of nitrogens with one attached hydrogen (secondary N) is 1. The summed E-state index contributed by atoms with van der Waals surface area (Å²) >= 11 is 5.98. The molecule has 1 heterocycles. The van der Waals surface area contributed by atoms with Crippen LogP contribution in [0.1, 0.15) is 56.2 Å². The molecule has 0 unspecified atom stereocenters. The van der Waals surface area contributed by atoms with E-state index in [9.17, 15) is 9.59 Å². The zero-order chi connectivity index (χ0) is 26.6. The van der Waals surface area contributed by atoms with Crippen molar-refractivity contribution in [2.45, 2.75) is 26.2 Å². The molecule has 3 aromatic carbocycles. The zero-order valence-electron chi connectivity index (χ0n) is 20.5. The minimum Gasteiger partial charge on any atom is -0.453 e. The van der Waals surface area contributed by atoms with E-state index >= 15 is 0 Å². The highest BCUT2D eigenvalue weighted by Crippen LogP contribution is 2.31. The maximum atomic E-state index is 13.0. The Hall–Kier alpha value is -4.67. The molecule has 0 atom stereocenters. The number of fused-ring (bicyclic) bond motifs is 1. The molecule has 1 amide bonds. The van der Waals surface area contributed by atoms with E-state index in [1.807, 2.05) is 24.3 Å². The van der Waals surface area contributed by atoms with Crippen molar-refractivity contribution >= 4 is 29.2 Å². The predicted octanol–water partition coefficient (Wildman–Crippen LogP) is 6.47. The molecule has 0 aliphatic heterocycles. The molecule has 38 heavy (non-hydrogen) atoms. The minimum atomic E-state index is -0.606. The highest BCUT2D eigenvalue weighted by atomic mass is 35.5. The van der Waals surface area contributed by atoms with E-state index in [1.165, 1.54) is 0 Å². The summed E-state index contributed by atoms with van der Waals surface area (Å²) < 4.78 is 11.5. The fourth-order valence-corrected chi connectivity index (χ4v) is 4.58. The van der Waals surface area contributed by atoms with Crippen LogP contribution in [-0.2, 0) is 6.42 Å². The first kappa shape index (κ1) is 25.0. The van der Waals surface area contributed by atoms with Crippen LogP contribution in [0, 0.1) is 18.3 Å². The van der Waals surface area contributed by atoms with E-state index < -0.39 is 5.97 Å². The predicted molar refractivity (Wildman–Crippen MR) is 143 cm³/mol. The van der Waals surface area contributed by atoms with Crippen molar-refractivity contribution in [3.8, 4) is 22.9 Å². The molecule has 0 fully saturated rings. The third kappa shape index (κ3) is 5.22. The number of aryl methyl sites for hydroxylation is 1. The number of rotatable bonds is 5. The van der Waals surface area contributed by atoms with Crippen molar-refractivity contribution in [3.63, 3.8) is 0 Å². The normalized spacial score (nSPS) is 13.4. The molecule has 0 saturated heterocycles. The van der Waals surface area contributed by atoms with Crippen LogP contribution in [0.2, 0.25) is 5.02 Å². The molecule has 8 heteroatoms. The Bertz CT molecular complexity index is 1600. The highest BCUT2D eigenvalue weighted by Gasteiger charge is 2.29. The Balaban J connectivity index is 1.31. The number of hydrogen-bond donors (Lipinski definition) is 1. The van der Waals surface area contributed by atoms with E-state index in [0.29, 0.717) is 51.8 Å². The maximum absolute atomic E-state index is 13.0. The summed E-state index contributed by atoms with van der Waals surface area (Å²) in [7, 11) is 0. The van der Waals surface area contributed by atoms with Gasteiger partial charge >= 0.3 is 5.97 Å². The van der Waals surface area contributed by atoms with Gasteiger partial charge in [-0.3, -0.25) is 4.79 Å². The van der Waals surface area contributed by atoms with Crippen molar-refractivity contribution in [1.29, 1.82) is 5.26 Å². The average molecular weight is 524 g/mol. The van der Waals surface area contributed by atoms with Gasteiger partial charge < -0.3 is 9.15 Å². The van der Waals surface area contributed by atoms with Crippen LogP contribution < -0.4 is 10.2 Å². The summed E-state index contributed by atoms with van der Waals surface area (Å²) in [5.74, 6) is 0.154. The van der Waals surface area contributed by atoms with E-state index in [1.54, 1.807) is 55.5 Å². The Kier molecular flexibility index (Phi) is 7.07. The lowest BCUT2D eigenvalue weighted by molar-refractivity contribution is 0.0698. The largest absolute Gasteiger partial charge is 0.453 e. The van der Waals surface area contributed by atoms with Crippen LogP contribution in [0.15, 0.2) is 82.3 Å². The Morgan fingerprint density at radius 2 is 1.74 bits per heavy atom. The molecule has 1 aliphatic carbocycles. The third-order valence-electron chi connectivity index (χ3n) is 6.30. The average Bonchev–Trinajstić information content (AvgIpc) is 3.29. The summed E-state index contributed by atoms with van der Waals surface area (Å²) in [5, 5.41) is 13.8. The monoisotopic (exact) mass is 523 g/mol. The second-order valence-electron chi connectivity index (χ2n) is 8.82. The molecule has 188 valence electrons. The summed E-state index contributed by atoms with van der Waals surface area (Å²) in [6, 6.07) is 23.1. The SMILES string of the molecule is Cc1c(C(=O)Oc2ccc(-c3ccc(C#N)cc3)cc2)oc2c1/C(=N/NC(=O)c1cccc(Cl)c1)CCC2. The van der Waals surface area contributed by atoms with Gasteiger partial charge in [0.05, 0.1) is 17.3 Å². The van der Waals surface area contributed by atoms with Gasteiger partial charge in [-0.1, -0.05) is 41.9 Å². The number of carbonyl (C=O) groups excluding carboxylic acids is 2. The second-order valence-corrected chi connectivity index (χ2v) is 9.26. The Labute approximate surface area is 224 Å². The van der Waals surface area contributed by atoms with Gasteiger partial charge in [0, 0.05) is 28.1 Å². The number of nitrogens with zero attached hydrogens (tertiary/aromatic N) is 2. The number of nitriles is 1. The number of carbonyl (C=O) groups is 2. The van der Waals surface area contributed by atoms with Crippen LogP contribution in [0.4, 0.5) is 0 Å². The number of benzene rings is 3. The van der Waals surface area contributed by atoms with Crippen molar-refractivity contribution in [2.75, 3.05) is 0 Å². The van der Waals surface area contributed by atoms with Crippen molar-refractivity contribution < 1.29 is 18.7 Å². The molecule has 0 saturated carbocycles. The molecule has 1 N–H and O–H groups in total. The molecule has 0 bridgehead atoms. The van der Waals surface area contributed by atoms with Crippen molar-refractivity contribution in [3.05, 3.63) is 112 Å². The van der Waals surface area contributed by atoms with Crippen LogP contribution >= 0.6 is 11.6 Å². The number of halogens is 1. The molecule has 5 rings (SSSR count). The summed E-state index contributed by atoms with van der Waals surface area (Å²) in [5.41, 5.74) is 7.45. The van der Waals surface area contributed by atoms with Gasteiger partial charge in [0.2, 0.25) is 5.76 Å². The van der Waals surface area contributed by atoms with Gasteiger partial charge in [0.15, 0.2) is 0 Å². The van der Waals surface area contributed by atoms with Gasteiger partial charge in [-0.25, -0.2) is 10.2 Å². The zero-order valence-corrected chi connectivity index (χ0v) is 21.2.